The third-order valence-electron chi connectivity index (χ3n) is 5.26. The molecular formula is C28H29BrN2O7. The summed E-state index contributed by atoms with van der Waals surface area (Å²) in [7, 11) is 0. The maximum absolute atomic E-state index is 13.0. The van der Waals surface area contributed by atoms with Crippen molar-refractivity contribution in [3.63, 3.8) is 0 Å². The van der Waals surface area contributed by atoms with E-state index in [2.05, 4.69) is 21.2 Å². The molecule has 0 unspecified atom stereocenters. The summed E-state index contributed by atoms with van der Waals surface area (Å²) in [5.74, 6) is 0.333. The summed E-state index contributed by atoms with van der Waals surface area (Å²) in [4.78, 5) is 24.4. The highest BCUT2D eigenvalue weighted by Crippen LogP contribution is 2.34. The number of amides is 2. The molecule has 10 heteroatoms. The molecule has 0 aliphatic carbocycles. The van der Waals surface area contributed by atoms with Crippen LogP contribution < -0.4 is 20.3 Å². The van der Waals surface area contributed by atoms with Gasteiger partial charge >= 0.3 is 6.09 Å². The van der Waals surface area contributed by atoms with Crippen LogP contribution in [0.25, 0.3) is 0 Å². The van der Waals surface area contributed by atoms with Gasteiger partial charge in [0, 0.05) is 21.8 Å². The molecule has 0 saturated heterocycles. The minimum atomic E-state index is -0.930. The quantitative estimate of drug-likeness (QED) is 0.120. The molecule has 0 aliphatic heterocycles. The first kappa shape index (κ1) is 28.7. The molecule has 0 radical (unpaired) electrons. The molecule has 9 nitrogen and oxygen atoms in total. The largest absolute Gasteiger partial charge is 0.491 e. The molecule has 0 fully saturated rings. The summed E-state index contributed by atoms with van der Waals surface area (Å²) in [6.07, 6.45) is 1.17. The van der Waals surface area contributed by atoms with E-state index in [1.807, 2.05) is 18.2 Å². The number of aliphatic hydroxyl groups is 1. The van der Waals surface area contributed by atoms with Crippen LogP contribution >= 0.6 is 15.9 Å². The van der Waals surface area contributed by atoms with Crippen LogP contribution in [-0.2, 0) is 9.53 Å². The SMILES string of the molecule is O=C(/C=C/CC[C@@H](Oc1ccccc1)[C@H](OC(=O)Nc1ccc(Br)cc1)c1ccccc1OCCO)NO. The van der Waals surface area contributed by atoms with Crippen molar-refractivity contribution in [1.82, 2.24) is 5.48 Å². The number of aliphatic hydroxyl groups excluding tert-OH is 1. The van der Waals surface area contributed by atoms with E-state index in [0.717, 1.165) is 4.47 Å². The minimum Gasteiger partial charge on any atom is -0.491 e. The van der Waals surface area contributed by atoms with Gasteiger partial charge in [-0.15, -0.1) is 0 Å². The van der Waals surface area contributed by atoms with Gasteiger partial charge in [0.25, 0.3) is 5.91 Å². The van der Waals surface area contributed by atoms with Crippen LogP contribution in [0, 0.1) is 0 Å². The molecule has 0 bridgehead atoms. The molecule has 3 aromatic carbocycles. The number of carbonyl (C=O) groups excluding carboxylic acids is 2. The third kappa shape index (κ3) is 9.22. The first-order valence-corrected chi connectivity index (χ1v) is 12.7. The minimum absolute atomic E-state index is 0.0536. The van der Waals surface area contributed by atoms with Gasteiger partial charge in [0.1, 0.15) is 24.2 Å². The van der Waals surface area contributed by atoms with Gasteiger partial charge in [-0.3, -0.25) is 15.3 Å². The Morgan fingerprint density at radius 3 is 2.39 bits per heavy atom. The number of nitrogens with one attached hydrogen (secondary N) is 2. The lowest BCUT2D eigenvalue weighted by atomic mass is 9.99. The smallest absolute Gasteiger partial charge is 0.412 e. The second-order valence-corrected chi connectivity index (χ2v) is 8.91. The predicted molar refractivity (Wildman–Crippen MR) is 145 cm³/mol. The predicted octanol–water partition coefficient (Wildman–Crippen LogP) is 5.40. The van der Waals surface area contributed by atoms with Gasteiger partial charge in [-0.2, -0.15) is 0 Å². The summed E-state index contributed by atoms with van der Waals surface area (Å²) in [6.45, 7) is -0.135. The number of carbonyl (C=O) groups is 2. The zero-order valence-corrected chi connectivity index (χ0v) is 22.0. The average molecular weight is 585 g/mol. The number of benzene rings is 3. The molecular weight excluding hydrogens is 556 g/mol. The Balaban J connectivity index is 1.93. The van der Waals surface area contributed by atoms with Crippen molar-refractivity contribution in [3.8, 4) is 11.5 Å². The Labute approximate surface area is 229 Å². The lowest BCUT2D eigenvalue weighted by Gasteiger charge is -2.29. The number of allylic oxidation sites excluding steroid dienone is 1. The monoisotopic (exact) mass is 584 g/mol. The summed E-state index contributed by atoms with van der Waals surface area (Å²) in [5.41, 5.74) is 2.63. The van der Waals surface area contributed by atoms with Crippen LogP contribution in [-0.4, -0.2) is 41.6 Å². The highest BCUT2D eigenvalue weighted by Gasteiger charge is 2.31. The third-order valence-corrected chi connectivity index (χ3v) is 5.79. The van der Waals surface area contributed by atoms with E-state index in [4.69, 9.17) is 19.4 Å². The topological polar surface area (TPSA) is 126 Å². The van der Waals surface area contributed by atoms with E-state index in [0.29, 0.717) is 35.6 Å². The van der Waals surface area contributed by atoms with Gasteiger partial charge in [0.05, 0.1) is 6.61 Å². The van der Waals surface area contributed by atoms with Crippen molar-refractivity contribution >= 4 is 33.6 Å². The fourth-order valence-corrected chi connectivity index (χ4v) is 3.84. The van der Waals surface area contributed by atoms with Gasteiger partial charge in [-0.1, -0.05) is 58.4 Å². The number of ether oxygens (including phenoxy) is 3. The van der Waals surface area contributed by atoms with Gasteiger partial charge in [0.15, 0.2) is 6.10 Å². The van der Waals surface area contributed by atoms with E-state index in [9.17, 15) is 14.7 Å². The Hall–Kier alpha value is -3.86. The zero-order chi connectivity index (χ0) is 27.2. The molecule has 0 aliphatic rings. The highest BCUT2D eigenvalue weighted by atomic mass is 79.9. The average Bonchev–Trinajstić information content (AvgIpc) is 2.94. The zero-order valence-electron chi connectivity index (χ0n) is 20.5. The number of hydrogen-bond acceptors (Lipinski definition) is 7. The summed E-state index contributed by atoms with van der Waals surface area (Å²) in [6, 6.07) is 23.2. The number of hydrogen-bond donors (Lipinski definition) is 4. The standard InChI is InChI=1S/C28H29BrN2O7/c29-20-14-16-21(17-15-20)30-28(34)38-27(23-10-4-5-11-24(23)36-19-18-32)25(12-6-7-13-26(33)31-35)37-22-8-2-1-3-9-22/h1-5,7-11,13-17,25,27,32,35H,6,12,18-19H2,(H,30,34)(H,31,33)/b13-7+/t25-,27-/m1/s1. The second-order valence-electron chi connectivity index (χ2n) is 7.99. The van der Waals surface area contributed by atoms with Gasteiger partial charge in [-0.05, 0) is 55.3 Å². The molecule has 3 rings (SSSR count). The lowest BCUT2D eigenvalue weighted by Crippen LogP contribution is -2.31. The maximum atomic E-state index is 13.0. The van der Waals surface area contributed by atoms with Crippen molar-refractivity contribution in [2.45, 2.75) is 25.0 Å². The van der Waals surface area contributed by atoms with Crippen molar-refractivity contribution in [1.29, 1.82) is 0 Å². The van der Waals surface area contributed by atoms with E-state index >= 15 is 0 Å². The molecule has 0 spiro atoms. The van der Waals surface area contributed by atoms with Crippen molar-refractivity contribution < 1.29 is 34.1 Å². The lowest BCUT2D eigenvalue weighted by molar-refractivity contribution is -0.124. The molecule has 2 amide bonds. The van der Waals surface area contributed by atoms with Crippen LogP contribution in [0.2, 0.25) is 0 Å². The summed E-state index contributed by atoms with van der Waals surface area (Å²) < 4.78 is 18.8. The molecule has 0 heterocycles. The Morgan fingerprint density at radius 2 is 1.68 bits per heavy atom. The maximum Gasteiger partial charge on any atom is 0.412 e. The summed E-state index contributed by atoms with van der Waals surface area (Å²) >= 11 is 3.37. The van der Waals surface area contributed by atoms with Crippen molar-refractivity contribution in [2.24, 2.45) is 0 Å². The number of hydroxylamine groups is 1. The van der Waals surface area contributed by atoms with Gasteiger partial charge in [0.2, 0.25) is 0 Å². The highest BCUT2D eigenvalue weighted by molar-refractivity contribution is 9.10. The van der Waals surface area contributed by atoms with Gasteiger partial charge in [-0.25, -0.2) is 10.3 Å². The molecule has 4 N–H and O–H groups in total. The van der Waals surface area contributed by atoms with Gasteiger partial charge < -0.3 is 19.3 Å². The van der Waals surface area contributed by atoms with E-state index < -0.39 is 24.2 Å². The first-order valence-electron chi connectivity index (χ1n) is 11.9. The fraction of sp³-hybridized carbons (Fsp3) is 0.214. The molecule has 38 heavy (non-hydrogen) atoms. The number of anilines is 1. The Kier molecular flexibility index (Phi) is 11.6. The first-order chi connectivity index (χ1) is 18.5. The Morgan fingerprint density at radius 1 is 0.974 bits per heavy atom. The van der Waals surface area contributed by atoms with Crippen LogP contribution in [0.4, 0.5) is 10.5 Å². The number of rotatable bonds is 13. The summed E-state index contributed by atoms with van der Waals surface area (Å²) in [5, 5.41) is 20.8. The normalized spacial score (nSPS) is 12.4. The number of para-hydroxylation sites is 2. The fourth-order valence-electron chi connectivity index (χ4n) is 3.57. The molecule has 2 atom stereocenters. The molecule has 0 saturated carbocycles. The molecule has 0 aromatic heterocycles. The second kappa shape index (κ2) is 15.4. The van der Waals surface area contributed by atoms with Crippen LogP contribution in [0.5, 0.6) is 11.5 Å². The van der Waals surface area contributed by atoms with E-state index in [1.165, 1.54) is 6.08 Å². The van der Waals surface area contributed by atoms with Crippen molar-refractivity contribution in [2.75, 3.05) is 18.5 Å². The van der Waals surface area contributed by atoms with Crippen molar-refractivity contribution in [3.05, 3.63) is 101 Å². The molecule has 3 aromatic rings. The number of halogens is 1. The van der Waals surface area contributed by atoms with E-state index in [1.54, 1.807) is 72.2 Å². The van der Waals surface area contributed by atoms with Crippen LogP contribution in [0.3, 0.4) is 0 Å². The molecule has 200 valence electrons. The van der Waals surface area contributed by atoms with Crippen LogP contribution in [0.1, 0.15) is 24.5 Å². The van der Waals surface area contributed by atoms with E-state index in [-0.39, 0.29) is 13.2 Å². The van der Waals surface area contributed by atoms with Crippen LogP contribution in [0.15, 0.2) is 95.5 Å². The Bertz CT molecular complexity index is 1190.